The largest absolute Gasteiger partial charge is 0.370 e. The number of benzene rings is 1. The zero-order valence-electron chi connectivity index (χ0n) is 10.1. The molecule has 4 N–H and O–H groups in total. The Balaban J connectivity index is 1.81. The molecule has 1 aromatic carbocycles. The topological polar surface area (TPSA) is 70.9 Å². The van der Waals surface area contributed by atoms with Crippen molar-refractivity contribution in [2.24, 2.45) is 11.7 Å². The molecule has 4 heteroatoms. The van der Waals surface area contributed by atoms with Crippen LogP contribution >= 0.6 is 0 Å². The lowest BCUT2D eigenvalue weighted by Crippen LogP contribution is -2.31. The van der Waals surface area contributed by atoms with Crippen molar-refractivity contribution in [3.63, 3.8) is 0 Å². The van der Waals surface area contributed by atoms with E-state index < -0.39 is 0 Å². The van der Waals surface area contributed by atoms with Crippen molar-refractivity contribution in [1.82, 2.24) is 4.98 Å². The van der Waals surface area contributed by atoms with Gasteiger partial charge in [-0.2, -0.15) is 0 Å². The summed E-state index contributed by atoms with van der Waals surface area (Å²) < 4.78 is 0. The predicted molar refractivity (Wildman–Crippen MR) is 73.8 cm³/mol. The lowest BCUT2D eigenvalue weighted by molar-refractivity contribution is 0.620. The van der Waals surface area contributed by atoms with Gasteiger partial charge in [-0.1, -0.05) is 18.2 Å². The number of aromatic amines is 1. The maximum Gasteiger partial charge on any atom is 0.257 e. The highest BCUT2D eigenvalue weighted by Gasteiger charge is 2.28. The molecule has 0 radical (unpaired) electrons. The van der Waals surface area contributed by atoms with Crippen LogP contribution in [0.2, 0.25) is 0 Å². The number of hydrogen-bond acceptors (Lipinski definition) is 3. The van der Waals surface area contributed by atoms with E-state index in [9.17, 15) is 4.79 Å². The fourth-order valence-corrected chi connectivity index (χ4v) is 2.22. The van der Waals surface area contributed by atoms with E-state index in [1.165, 1.54) is 12.8 Å². The summed E-state index contributed by atoms with van der Waals surface area (Å²) in [6.45, 7) is 0.707. The molecule has 0 spiro atoms. The van der Waals surface area contributed by atoms with Crippen LogP contribution in [0.5, 0.6) is 0 Å². The molecular formula is C14H17N3O. The first-order chi connectivity index (χ1) is 8.74. The standard InChI is InChI=1S/C14H17N3O/c15-12(9-5-6-9)8-16-13-7-10-3-1-2-4-11(10)14(18)17-13/h1-4,7,9,12H,5-6,8,15H2,(H2,16,17,18). The zero-order valence-corrected chi connectivity index (χ0v) is 10.1. The Labute approximate surface area is 105 Å². The lowest BCUT2D eigenvalue weighted by atomic mass is 10.1. The molecule has 1 heterocycles. The van der Waals surface area contributed by atoms with E-state index in [0.29, 0.717) is 12.5 Å². The van der Waals surface area contributed by atoms with Gasteiger partial charge in [0.1, 0.15) is 5.82 Å². The minimum absolute atomic E-state index is 0.0596. The summed E-state index contributed by atoms with van der Waals surface area (Å²) in [5.74, 6) is 1.40. The number of pyridine rings is 1. The maximum absolute atomic E-state index is 11.9. The van der Waals surface area contributed by atoms with Crippen LogP contribution in [0.3, 0.4) is 0 Å². The average Bonchev–Trinajstić information content (AvgIpc) is 3.20. The van der Waals surface area contributed by atoms with Crippen molar-refractivity contribution in [1.29, 1.82) is 0 Å². The number of fused-ring (bicyclic) bond motifs is 1. The summed E-state index contributed by atoms with van der Waals surface area (Å²) in [6.07, 6.45) is 2.47. The second-order valence-electron chi connectivity index (χ2n) is 4.98. The van der Waals surface area contributed by atoms with Gasteiger partial charge in [-0.25, -0.2) is 0 Å². The molecule has 1 aliphatic carbocycles. The molecule has 0 bridgehead atoms. The number of H-pyrrole nitrogens is 1. The number of anilines is 1. The van der Waals surface area contributed by atoms with Crippen LogP contribution in [0.25, 0.3) is 10.8 Å². The summed E-state index contributed by atoms with van der Waals surface area (Å²) in [6, 6.07) is 9.70. The summed E-state index contributed by atoms with van der Waals surface area (Å²) in [5, 5.41) is 4.88. The molecule has 0 aliphatic heterocycles. The fraction of sp³-hybridized carbons (Fsp3) is 0.357. The molecule has 1 atom stereocenters. The first kappa shape index (κ1) is 11.3. The number of aromatic nitrogens is 1. The molecule has 1 aromatic heterocycles. The van der Waals surface area contributed by atoms with Crippen molar-refractivity contribution in [3.05, 3.63) is 40.7 Å². The quantitative estimate of drug-likeness (QED) is 0.765. The highest BCUT2D eigenvalue weighted by Crippen LogP contribution is 2.31. The van der Waals surface area contributed by atoms with Gasteiger partial charge < -0.3 is 16.0 Å². The van der Waals surface area contributed by atoms with Crippen LogP contribution in [-0.2, 0) is 0 Å². The Morgan fingerprint density at radius 3 is 2.94 bits per heavy atom. The van der Waals surface area contributed by atoms with E-state index in [4.69, 9.17) is 5.73 Å². The third-order valence-corrected chi connectivity index (χ3v) is 3.51. The molecular weight excluding hydrogens is 226 g/mol. The number of nitrogens with one attached hydrogen (secondary N) is 2. The molecule has 1 unspecified atom stereocenters. The Hall–Kier alpha value is -1.81. The fourth-order valence-electron chi connectivity index (χ4n) is 2.22. The Kier molecular flexibility index (Phi) is 2.80. The highest BCUT2D eigenvalue weighted by atomic mass is 16.1. The zero-order chi connectivity index (χ0) is 12.5. The van der Waals surface area contributed by atoms with Crippen molar-refractivity contribution in [2.45, 2.75) is 18.9 Å². The second kappa shape index (κ2) is 4.46. The van der Waals surface area contributed by atoms with Gasteiger partial charge >= 0.3 is 0 Å². The van der Waals surface area contributed by atoms with Crippen LogP contribution < -0.4 is 16.6 Å². The lowest BCUT2D eigenvalue weighted by Gasteiger charge is -2.12. The summed E-state index contributed by atoms with van der Waals surface area (Å²) in [5.41, 5.74) is 5.96. The summed E-state index contributed by atoms with van der Waals surface area (Å²) >= 11 is 0. The monoisotopic (exact) mass is 243 g/mol. The van der Waals surface area contributed by atoms with E-state index in [1.807, 2.05) is 30.3 Å². The van der Waals surface area contributed by atoms with Gasteiger partial charge in [-0.05, 0) is 36.3 Å². The minimum atomic E-state index is -0.0596. The molecule has 0 amide bonds. The normalized spacial score (nSPS) is 16.7. The van der Waals surface area contributed by atoms with E-state index >= 15 is 0 Å². The number of hydrogen-bond donors (Lipinski definition) is 3. The van der Waals surface area contributed by atoms with Gasteiger partial charge in [-0.3, -0.25) is 4.79 Å². The third kappa shape index (κ3) is 2.24. The van der Waals surface area contributed by atoms with Crippen molar-refractivity contribution in [2.75, 3.05) is 11.9 Å². The predicted octanol–water partition coefficient (Wildman–Crippen LogP) is 1.68. The van der Waals surface area contributed by atoms with Crippen LogP contribution in [0.4, 0.5) is 5.82 Å². The minimum Gasteiger partial charge on any atom is -0.370 e. The molecule has 4 nitrogen and oxygen atoms in total. The SMILES string of the molecule is NC(CNc1cc2ccccc2c(=O)[nH]1)C1CC1. The Morgan fingerprint density at radius 2 is 2.17 bits per heavy atom. The van der Waals surface area contributed by atoms with Crippen LogP contribution in [0.15, 0.2) is 35.1 Å². The van der Waals surface area contributed by atoms with Gasteiger partial charge in [0, 0.05) is 18.0 Å². The van der Waals surface area contributed by atoms with Gasteiger partial charge in [-0.15, -0.1) is 0 Å². The van der Waals surface area contributed by atoms with Gasteiger partial charge in [0.15, 0.2) is 0 Å². The number of rotatable bonds is 4. The van der Waals surface area contributed by atoms with Gasteiger partial charge in [0.2, 0.25) is 0 Å². The van der Waals surface area contributed by atoms with Gasteiger partial charge in [0.25, 0.3) is 5.56 Å². The van der Waals surface area contributed by atoms with E-state index in [-0.39, 0.29) is 11.6 Å². The first-order valence-corrected chi connectivity index (χ1v) is 6.35. The average molecular weight is 243 g/mol. The third-order valence-electron chi connectivity index (χ3n) is 3.51. The van der Waals surface area contributed by atoms with E-state index in [0.717, 1.165) is 16.6 Å². The molecule has 0 saturated heterocycles. The molecule has 1 saturated carbocycles. The Bertz CT molecular complexity index is 616. The van der Waals surface area contributed by atoms with Crippen molar-refractivity contribution in [3.8, 4) is 0 Å². The molecule has 1 aliphatic rings. The first-order valence-electron chi connectivity index (χ1n) is 6.35. The molecule has 18 heavy (non-hydrogen) atoms. The maximum atomic E-state index is 11.9. The van der Waals surface area contributed by atoms with Crippen molar-refractivity contribution >= 4 is 16.6 Å². The highest BCUT2D eigenvalue weighted by molar-refractivity contribution is 5.83. The van der Waals surface area contributed by atoms with Crippen LogP contribution in [-0.4, -0.2) is 17.6 Å². The molecule has 2 aromatic rings. The van der Waals surface area contributed by atoms with E-state index in [2.05, 4.69) is 10.3 Å². The molecule has 3 rings (SSSR count). The van der Waals surface area contributed by atoms with Crippen LogP contribution in [0.1, 0.15) is 12.8 Å². The smallest absolute Gasteiger partial charge is 0.257 e. The molecule has 1 fully saturated rings. The Morgan fingerprint density at radius 1 is 1.39 bits per heavy atom. The van der Waals surface area contributed by atoms with Crippen LogP contribution in [0, 0.1) is 5.92 Å². The van der Waals surface area contributed by atoms with Gasteiger partial charge in [0.05, 0.1) is 0 Å². The molecule has 94 valence electrons. The number of nitrogens with two attached hydrogens (primary N) is 1. The second-order valence-corrected chi connectivity index (χ2v) is 4.98. The van der Waals surface area contributed by atoms with E-state index in [1.54, 1.807) is 0 Å². The summed E-state index contributed by atoms with van der Waals surface area (Å²) in [4.78, 5) is 14.7. The summed E-state index contributed by atoms with van der Waals surface area (Å²) in [7, 11) is 0. The van der Waals surface area contributed by atoms with Crippen molar-refractivity contribution < 1.29 is 0 Å².